The normalized spacial score (nSPS) is 21.4. The number of sulfonamides is 1. The van der Waals surface area contributed by atoms with Crippen LogP contribution in [0, 0.1) is 11.3 Å². The van der Waals surface area contributed by atoms with Gasteiger partial charge in [0.25, 0.3) is 10.0 Å². The molecule has 29 heavy (non-hydrogen) atoms. The number of carbonyl (C=O) groups excluding carboxylic acids is 1. The van der Waals surface area contributed by atoms with Crippen molar-refractivity contribution in [3.63, 3.8) is 0 Å². The van der Waals surface area contributed by atoms with E-state index >= 15 is 0 Å². The van der Waals surface area contributed by atoms with Crippen molar-refractivity contribution < 1.29 is 27.9 Å². The molecule has 2 atom stereocenters. The van der Waals surface area contributed by atoms with E-state index in [1.807, 2.05) is 13.8 Å². The molecule has 162 valence electrons. The fourth-order valence-electron chi connectivity index (χ4n) is 3.71. The van der Waals surface area contributed by atoms with Gasteiger partial charge in [-0.25, -0.2) is 13.2 Å². The first-order chi connectivity index (χ1) is 12.9. The third-order valence-corrected chi connectivity index (χ3v) is 7.08. The monoisotopic (exact) mass is 425 g/mol. The lowest BCUT2D eigenvalue weighted by atomic mass is 10.0. The fourth-order valence-corrected chi connectivity index (χ4v) is 5.35. The highest BCUT2D eigenvalue weighted by molar-refractivity contribution is 7.89. The lowest BCUT2D eigenvalue weighted by Crippen LogP contribution is -2.51. The standard InChI is InChI=1S/C21H31NO6S/c1-19(2,3)22(18(25)28-20(4,5)6)29(26,27)14-11-9-13(10-12-14)15-16(17(23)24)21(15,7)8/h9-12,15-16H,1-8H3,(H,23,24)/t15-,16+/m1/s1. The first-order valence-corrected chi connectivity index (χ1v) is 11.0. The summed E-state index contributed by atoms with van der Waals surface area (Å²) in [7, 11) is -4.17. The Hall–Kier alpha value is -2.09. The maximum absolute atomic E-state index is 13.2. The van der Waals surface area contributed by atoms with Crippen molar-refractivity contribution in [1.29, 1.82) is 0 Å². The summed E-state index contributed by atoms with van der Waals surface area (Å²) in [6.45, 7) is 13.6. The first-order valence-electron chi connectivity index (χ1n) is 9.52. The van der Waals surface area contributed by atoms with Crippen LogP contribution in [0.15, 0.2) is 29.2 Å². The topological polar surface area (TPSA) is 101 Å². The van der Waals surface area contributed by atoms with Gasteiger partial charge >= 0.3 is 12.1 Å². The van der Waals surface area contributed by atoms with Crippen LogP contribution in [0.25, 0.3) is 0 Å². The molecular weight excluding hydrogens is 394 g/mol. The van der Waals surface area contributed by atoms with Gasteiger partial charge in [-0.05, 0) is 64.7 Å². The Balaban J connectivity index is 2.39. The summed E-state index contributed by atoms with van der Waals surface area (Å²) >= 11 is 0. The third kappa shape index (κ3) is 4.57. The highest BCUT2D eigenvalue weighted by Gasteiger charge is 2.62. The largest absolute Gasteiger partial charge is 0.481 e. The third-order valence-electron chi connectivity index (χ3n) is 5.04. The van der Waals surface area contributed by atoms with Crippen molar-refractivity contribution in [3.8, 4) is 0 Å². The minimum absolute atomic E-state index is 0.0487. The van der Waals surface area contributed by atoms with Crippen LogP contribution in [-0.4, -0.2) is 41.0 Å². The van der Waals surface area contributed by atoms with Gasteiger partial charge in [0.2, 0.25) is 0 Å². The van der Waals surface area contributed by atoms with Crippen molar-refractivity contribution in [2.75, 3.05) is 0 Å². The maximum Gasteiger partial charge on any atom is 0.424 e. The molecule has 1 aromatic rings. The van der Waals surface area contributed by atoms with Gasteiger partial charge in [-0.2, -0.15) is 4.31 Å². The molecule has 0 aromatic heterocycles. The van der Waals surface area contributed by atoms with Crippen molar-refractivity contribution in [2.45, 2.75) is 77.3 Å². The molecule has 8 heteroatoms. The lowest BCUT2D eigenvalue weighted by molar-refractivity contribution is -0.139. The summed E-state index contributed by atoms with van der Waals surface area (Å²) < 4.78 is 32.5. The number of benzene rings is 1. The van der Waals surface area contributed by atoms with Gasteiger partial charge in [-0.1, -0.05) is 26.0 Å². The second kappa shape index (κ2) is 7.00. The summed E-state index contributed by atoms with van der Waals surface area (Å²) in [6, 6.07) is 6.08. The van der Waals surface area contributed by atoms with Crippen LogP contribution < -0.4 is 0 Å². The summed E-state index contributed by atoms with van der Waals surface area (Å²) in [6.07, 6.45) is -0.941. The zero-order chi connectivity index (χ0) is 22.6. The number of nitrogens with zero attached hydrogens (tertiary/aromatic N) is 1. The number of hydrogen-bond acceptors (Lipinski definition) is 5. The number of rotatable bonds is 4. The molecule has 0 bridgehead atoms. The zero-order valence-corrected chi connectivity index (χ0v) is 19.1. The Morgan fingerprint density at radius 2 is 1.52 bits per heavy atom. The minimum Gasteiger partial charge on any atom is -0.481 e. The molecule has 0 saturated heterocycles. The van der Waals surface area contributed by atoms with Crippen molar-refractivity contribution in [1.82, 2.24) is 4.31 Å². The fraction of sp³-hybridized carbons (Fsp3) is 0.619. The zero-order valence-electron chi connectivity index (χ0n) is 18.3. The van der Waals surface area contributed by atoms with E-state index in [2.05, 4.69) is 0 Å². The van der Waals surface area contributed by atoms with E-state index in [-0.39, 0.29) is 16.2 Å². The predicted octanol–water partition coefficient (Wildman–Crippen LogP) is 4.24. The van der Waals surface area contributed by atoms with E-state index in [0.29, 0.717) is 0 Å². The molecule has 2 rings (SSSR count). The van der Waals surface area contributed by atoms with Crippen LogP contribution >= 0.6 is 0 Å². The smallest absolute Gasteiger partial charge is 0.424 e. The Morgan fingerprint density at radius 3 is 1.86 bits per heavy atom. The molecule has 1 aliphatic rings. The minimum atomic E-state index is -4.17. The summed E-state index contributed by atoms with van der Waals surface area (Å²) in [5.74, 6) is -1.54. The van der Waals surface area contributed by atoms with Crippen LogP contribution in [0.5, 0.6) is 0 Å². The molecule has 1 fully saturated rings. The summed E-state index contributed by atoms with van der Waals surface area (Å²) in [4.78, 5) is 24.0. The Morgan fingerprint density at radius 1 is 1.03 bits per heavy atom. The maximum atomic E-state index is 13.2. The molecule has 0 unspecified atom stereocenters. The first kappa shape index (κ1) is 23.2. The summed E-state index contributed by atoms with van der Waals surface area (Å²) in [5.41, 5.74) is -1.50. The Bertz CT molecular complexity index is 904. The molecule has 0 radical (unpaired) electrons. The van der Waals surface area contributed by atoms with Crippen LogP contribution in [0.3, 0.4) is 0 Å². The van der Waals surface area contributed by atoms with E-state index in [1.54, 1.807) is 53.7 Å². The van der Waals surface area contributed by atoms with Gasteiger partial charge in [0, 0.05) is 5.92 Å². The number of carboxylic acids is 1. The number of aliphatic carboxylic acids is 1. The number of carboxylic acid groups (broad SMARTS) is 1. The quantitative estimate of drug-likeness (QED) is 0.774. The van der Waals surface area contributed by atoms with Gasteiger partial charge < -0.3 is 9.84 Å². The molecule has 1 N–H and O–H groups in total. The Kier molecular flexibility index (Phi) is 5.60. The van der Waals surface area contributed by atoms with Crippen LogP contribution in [0.2, 0.25) is 0 Å². The van der Waals surface area contributed by atoms with Crippen molar-refractivity contribution in [3.05, 3.63) is 29.8 Å². The number of hydrogen-bond donors (Lipinski definition) is 1. The molecule has 0 heterocycles. The molecule has 1 amide bonds. The second-order valence-electron chi connectivity index (χ2n) is 10.1. The number of carbonyl (C=O) groups is 2. The average Bonchev–Trinajstić information content (AvgIpc) is 3.06. The molecule has 7 nitrogen and oxygen atoms in total. The van der Waals surface area contributed by atoms with Crippen molar-refractivity contribution >= 4 is 22.1 Å². The van der Waals surface area contributed by atoms with Crippen molar-refractivity contribution in [2.24, 2.45) is 11.3 Å². The van der Waals surface area contributed by atoms with Gasteiger partial charge in [0.15, 0.2) is 0 Å². The van der Waals surface area contributed by atoms with E-state index in [9.17, 15) is 23.1 Å². The lowest BCUT2D eigenvalue weighted by Gasteiger charge is -2.35. The van der Waals surface area contributed by atoms with E-state index in [4.69, 9.17) is 4.74 Å². The molecule has 0 spiro atoms. The summed E-state index contributed by atoms with van der Waals surface area (Å²) in [5, 5.41) is 9.37. The Labute approximate surface area is 173 Å². The van der Waals surface area contributed by atoms with Gasteiger partial charge in [0.1, 0.15) is 5.60 Å². The van der Waals surface area contributed by atoms with Gasteiger partial charge in [0.05, 0.1) is 16.4 Å². The van der Waals surface area contributed by atoms with Gasteiger partial charge in [-0.15, -0.1) is 0 Å². The molecule has 1 aliphatic carbocycles. The van der Waals surface area contributed by atoms with Crippen LogP contribution in [0.4, 0.5) is 4.79 Å². The highest BCUT2D eigenvalue weighted by atomic mass is 32.2. The molecule has 0 aliphatic heterocycles. The van der Waals surface area contributed by atoms with E-state index in [0.717, 1.165) is 9.87 Å². The number of ether oxygens (including phenoxy) is 1. The molecular formula is C21H31NO6S. The second-order valence-corrected chi connectivity index (χ2v) is 11.9. The predicted molar refractivity (Wildman–Crippen MR) is 109 cm³/mol. The highest BCUT2D eigenvalue weighted by Crippen LogP contribution is 2.64. The SMILES string of the molecule is CC(C)(C)OC(=O)N(C(C)(C)C)S(=O)(=O)c1ccc([C@@H]2[C@@H](C(=O)O)C2(C)C)cc1. The van der Waals surface area contributed by atoms with E-state index < -0.39 is 39.1 Å². The van der Waals surface area contributed by atoms with Gasteiger partial charge in [-0.3, -0.25) is 4.79 Å². The van der Waals surface area contributed by atoms with E-state index in [1.165, 1.54) is 12.1 Å². The average molecular weight is 426 g/mol. The number of amides is 1. The van der Waals surface area contributed by atoms with Crippen LogP contribution in [0.1, 0.15) is 66.9 Å². The molecule has 1 saturated carbocycles. The van der Waals surface area contributed by atoms with Crippen LogP contribution in [-0.2, 0) is 19.6 Å². The molecule has 1 aromatic carbocycles.